The third kappa shape index (κ3) is 4.04. The molecule has 0 saturated carbocycles. The minimum absolute atomic E-state index is 0.184. The first-order valence-electron chi connectivity index (χ1n) is 8.45. The second-order valence-electron chi connectivity index (χ2n) is 6.09. The van der Waals surface area contributed by atoms with Crippen molar-refractivity contribution in [1.82, 2.24) is 9.97 Å². The number of anilines is 5. The summed E-state index contributed by atoms with van der Waals surface area (Å²) in [5.41, 5.74) is 12.4. The third-order valence-electron chi connectivity index (χ3n) is 4.06. The maximum atomic E-state index is 12.4. The summed E-state index contributed by atoms with van der Waals surface area (Å²) in [6.45, 7) is 0. The van der Waals surface area contributed by atoms with Crippen molar-refractivity contribution in [2.45, 2.75) is 0 Å². The first kappa shape index (κ1) is 19.7. The van der Waals surface area contributed by atoms with Crippen LogP contribution >= 0.6 is 0 Å². The van der Waals surface area contributed by atoms with Gasteiger partial charge in [-0.15, -0.1) is 0 Å². The SMILES string of the molecule is NC(=O)c1cccc(Nc2ncc3c(n2)Nc2cc(C(N)=O)ccc2O[I-]N3[O-])c1. The van der Waals surface area contributed by atoms with E-state index in [1.54, 1.807) is 30.3 Å². The number of benzene rings is 2. The Kier molecular flexibility index (Phi) is 5.24. The van der Waals surface area contributed by atoms with E-state index in [2.05, 4.69) is 20.6 Å². The Balaban J connectivity index is 1.69. The number of primary amides is 2. The predicted molar refractivity (Wildman–Crippen MR) is 105 cm³/mol. The molecule has 3 aromatic rings. The van der Waals surface area contributed by atoms with Gasteiger partial charge < -0.3 is 0 Å². The molecule has 0 aliphatic carbocycles. The number of nitrogens with two attached hydrogens (primary N) is 2. The molecule has 4 rings (SSSR count). The number of fused-ring (bicyclic) bond motifs is 2. The van der Waals surface area contributed by atoms with Crippen LogP contribution in [-0.4, -0.2) is 21.8 Å². The second kappa shape index (κ2) is 8.00. The summed E-state index contributed by atoms with van der Waals surface area (Å²) in [4.78, 5) is 31.4. The molecule has 1 aliphatic rings. The van der Waals surface area contributed by atoms with Gasteiger partial charge in [0.05, 0.1) is 0 Å². The van der Waals surface area contributed by atoms with E-state index in [0.717, 1.165) is 0 Å². The molecule has 30 heavy (non-hydrogen) atoms. The number of rotatable bonds is 4. The molecule has 0 spiro atoms. The van der Waals surface area contributed by atoms with Gasteiger partial charge in [-0.05, 0) is 0 Å². The second-order valence-corrected chi connectivity index (χ2v) is 7.80. The van der Waals surface area contributed by atoms with Gasteiger partial charge in [-0.3, -0.25) is 0 Å². The van der Waals surface area contributed by atoms with Gasteiger partial charge in [0.1, 0.15) is 0 Å². The summed E-state index contributed by atoms with van der Waals surface area (Å²) in [6.07, 6.45) is 1.36. The zero-order valence-electron chi connectivity index (χ0n) is 15.1. The van der Waals surface area contributed by atoms with E-state index in [-0.39, 0.29) is 23.0 Å². The fourth-order valence-corrected chi connectivity index (χ4v) is 3.96. The Morgan fingerprint density at radius 3 is 2.67 bits per heavy atom. The van der Waals surface area contributed by atoms with Crippen molar-refractivity contribution < 1.29 is 34.5 Å². The van der Waals surface area contributed by atoms with Crippen molar-refractivity contribution in [2.75, 3.05) is 13.9 Å². The molecule has 1 aromatic heterocycles. The van der Waals surface area contributed by atoms with Crippen molar-refractivity contribution >= 4 is 40.6 Å². The molecule has 2 heterocycles. The third-order valence-corrected chi connectivity index (χ3v) is 5.61. The number of hydrogen-bond donors (Lipinski definition) is 4. The summed E-state index contributed by atoms with van der Waals surface area (Å²) in [6, 6.07) is 11.1. The molecule has 12 heteroatoms. The first-order valence-corrected chi connectivity index (χ1v) is 10.3. The fraction of sp³-hybridized carbons (Fsp3) is 0. The molecule has 154 valence electrons. The molecular formula is C18H14IN7O4-2. The molecule has 0 unspecified atom stereocenters. The molecule has 0 radical (unpaired) electrons. The molecule has 2 aromatic carbocycles. The molecule has 6 N–H and O–H groups in total. The number of hydrogen-bond acceptors (Lipinski definition) is 9. The standard InChI is InChI=1S/C18H14IN7O4/c20-15(27)9-2-1-3-11(6-9)23-18-22-8-13-17(25-18)24-12-7-10(16(21)28)4-5-14(12)30-19-26(13)29/h1-8H,(H2,20,27)(H2,21,28)(H2,22,23,24,25)/q-2. The van der Waals surface area contributed by atoms with Gasteiger partial charge in [0.25, 0.3) is 0 Å². The summed E-state index contributed by atoms with van der Waals surface area (Å²) in [7, 11) is 0. The zero-order chi connectivity index (χ0) is 21.3. The van der Waals surface area contributed by atoms with E-state index in [4.69, 9.17) is 14.5 Å². The van der Waals surface area contributed by atoms with Gasteiger partial charge in [-0.25, -0.2) is 0 Å². The zero-order valence-corrected chi connectivity index (χ0v) is 17.3. The van der Waals surface area contributed by atoms with Crippen LogP contribution in [0.4, 0.5) is 28.8 Å². The number of nitrogens with zero attached hydrogens (tertiary/aromatic N) is 3. The van der Waals surface area contributed by atoms with E-state index < -0.39 is 33.7 Å². The monoisotopic (exact) mass is 519 g/mol. The maximum absolute atomic E-state index is 12.4. The molecule has 11 nitrogen and oxygen atoms in total. The van der Waals surface area contributed by atoms with E-state index in [9.17, 15) is 14.8 Å². The van der Waals surface area contributed by atoms with Crippen LogP contribution in [0.1, 0.15) is 20.7 Å². The van der Waals surface area contributed by atoms with E-state index in [0.29, 0.717) is 26.0 Å². The number of aromatic nitrogens is 2. The number of amides is 2. The molecular weight excluding hydrogens is 505 g/mol. The average Bonchev–Trinajstić information content (AvgIpc) is 2.71. The molecule has 0 saturated heterocycles. The number of halogens is 1. The van der Waals surface area contributed by atoms with Crippen molar-refractivity contribution in [3.8, 4) is 5.75 Å². The average molecular weight is 519 g/mol. The number of carbonyl (C=O) groups is 2. The van der Waals surface area contributed by atoms with E-state index in [1.807, 2.05) is 0 Å². The van der Waals surface area contributed by atoms with Gasteiger partial charge >= 0.3 is 181 Å². The van der Waals surface area contributed by atoms with Crippen molar-refractivity contribution in [3.05, 3.63) is 65.0 Å². The fourth-order valence-electron chi connectivity index (χ4n) is 2.62. The van der Waals surface area contributed by atoms with Crippen molar-refractivity contribution in [1.29, 1.82) is 0 Å². The van der Waals surface area contributed by atoms with Crippen LogP contribution in [0.2, 0.25) is 0 Å². The molecule has 0 bridgehead atoms. The normalized spacial score (nSPS) is 12.6. The Bertz CT molecular complexity index is 1160. The quantitative estimate of drug-likeness (QED) is 0.244. The van der Waals surface area contributed by atoms with Crippen LogP contribution in [0.5, 0.6) is 5.75 Å². The molecule has 0 fully saturated rings. The van der Waals surface area contributed by atoms with Crippen molar-refractivity contribution in [3.63, 3.8) is 0 Å². The minimum atomic E-state index is -1.40. The van der Waals surface area contributed by atoms with E-state index >= 15 is 0 Å². The number of carbonyl (C=O) groups excluding carboxylic acids is 2. The van der Waals surface area contributed by atoms with Gasteiger partial charge in [0.15, 0.2) is 0 Å². The van der Waals surface area contributed by atoms with Crippen LogP contribution in [0.15, 0.2) is 48.7 Å². The Hall–Kier alpha value is -3.65. The van der Waals surface area contributed by atoms with Crippen molar-refractivity contribution in [2.24, 2.45) is 11.5 Å². The molecule has 1 aliphatic heterocycles. The molecule has 0 atom stereocenters. The summed E-state index contributed by atoms with van der Waals surface area (Å²) in [5.74, 6) is -0.349. The van der Waals surface area contributed by atoms with Crippen LogP contribution in [0, 0.1) is 5.21 Å². The Labute approximate surface area is 181 Å². The van der Waals surface area contributed by atoms with Crippen LogP contribution in [-0.2, 0) is 0 Å². The summed E-state index contributed by atoms with van der Waals surface area (Å²) < 4.78 is 6.29. The van der Waals surface area contributed by atoms with E-state index in [1.165, 1.54) is 18.3 Å². The summed E-state index contributed by atoms with van der Waals surface area (Å²) in [5, 5.41) is 18.4. The van der Waals surface area contributed by atoms with Crippen LogP contribution in [0.3, 0.4) is 0 Å². The first-order chi connectivity index (χ1) is 14.4. The van der Waals surface area contributed by atoms with Gasteiger partial charge in [0, 0.05) is 0 Å². The topological polar surface area (TPSA) is 172 Å². The predicted octanol–water partition coefficient (Wildman–Crippen LogP) is -1.22. The Morgan fingerprint density at radius 2 is 1.90 bits per heavy atom. The van der Waals surface area contributed by atoms with Gasteiger partial charge in [-0.1, -0.05) is 0 Å². The van der Waals surface area contributed by atoms with Gasteiger partial charge in [0.2, 0.25) is 0 Å². The van der Waals surface area contributed by atoms with Crippen LogP contribution in [0.25, 0.3) is 0 Å². The Morgan fingerprint density at radius 1 is 1.13 bits per heavy atom. The molecule has 2 amide bonds. The number of nitrogens with one attached hydrogen (secondary N) is 2. The van der Waals surface area contributed by atoms with Gasteiger partial charge in [-0.2, -0.15) is 0 Å². The summed E-state index contributed by atoms with van der Waals surface area (Å²) >= 11 is -1.40. The van der Waals surface area contributed by atoms with Crippen LogP contribution < -0.4 is 50.3 Å².